The van der Waals surface area contributed by atoms with E-state index in [2.05, 4.69) is 13.2 Å². The van der Waals surface area contributed by atoms with Crippen molar-refractivity contribution in [2.45, 2.75) is 6.92 Å². The van der Waals surface area contributed by atoms with E-state index in [1.807, 2.05) is 25.1 Å². The fourth-order valence-electron chi connectivity index (χ4n) is 1.16. The zero-order valence-electron chi connectivity index (χ0n) is 9.94. The van der Waals surface area contributed by atoms with Crippen molar-refractivity contribution in [1.82, 2.24) is 0 Å². The highest BCUT2D eigenvalue weighted by Crippen LogP contribution is 2.12. The minimum absolute atomic E-state index is 0.0858. The second kappa shape index (κ2) is 6.66. The molecule has 0 spiro atoms. The lowest BCUT2D eigenvalue weighted by Gasteiger charge is -2.07. The zero-order valence-corrected chi connectivity index (χ0v) is 9.94. The number of hydrogen-bond donors (Lipinski definition) is 0. The van der Waals surface area contributed by atoms with Crippen LogP contribution in [0.1, 0.15) is 12.5 Å². The topological polar surface area (TPSA) is 35.5 Å². The minimum atomic E-state index is -0.474. The first-order valence-electron chi connectivity index (χ1n) is 5.25. The Morgan fingerprint density at radius 2 is 1.88 bits per heavy atom. The smallest absolute Gasteiger partial charge is 0.340 e. The second-order valence-corrected chi connectivity index (χ2v) is 3.70. The predicted octanol–water partition coefficient (Wildman–Crippen LogP) is 2.79. The van der Waals surface area contributed by atoms with Crippen LogP contribution in [0.2, 0.25) is 0 Å². The molecule has 0 unspecified atom stereocenters. The Balaban J connectivity index is 2.38. The van der Waals surface area contributed by atoms with Crippen molar-refractivity contribution < 1.29 is 14.3 Å². The molecule has 1 aromatic rings. The molecule has 0 fully saturated rings. The van der Waals surface area contributed by atoms with Crippen molar-refractivity contribution in [1.29, 1.82) is 0 Å². The van der Waals surface area contributed by atoms with E-state index < -0.39 is 5.97 Å². The number of ether oxygens (including phenoxy) is 2. The van der Waals surface area contributed by atoms with Crippen LogP contribution in [-0.4, -0.2) is 19.4 Å². The van der Waals surface area contributed by atoms with Gasteiger partial charge in [-0.25, -0.2) is 4.79 Å². The first-order chi connectivity index (χ1) is 8.11. The maximum atomic E-state index is 11.6. The van der Waals surface area contributed by atoms with Crippen molar-refractivity contribution in [2.24, 2.45) is 0 Å². The monoisotopic (exact) mass is 232 g/mol. The van der Waals surface area contributed by atoms with E-state index in [1.165, 1.54) is 0 Å². The van der Waals surface area contributed by atoms with Crippen LogP contribution in [0.5, 0.6) is 0 Å². The Hall–Kier alpha value is -1.87. The lowest BCUT2D eigenvalue weighted by Crippen LogP contribution is -2.10. The third-order valence-corrected chi connectivity index (χ3v) is 1.99. The third-order valence-electron chi connectivity index (χ3n) is 1.99. The number of esters is 1. The van der Waals surface area contributed by atoms with Gasteiger partial charge in [-0.1, -0.05) is 49.1 Å². The molecule has 0 N–H and O–H groups in total. The standard InChI is InChI=1S/C14H16O3/c1-11(2)9-16-10-17-14(15)12(3)13-7-5-4-6-8-13/h4-8H,1,3,9-10H2,2H3. The van der Waals surface area contributed by atoms with Crippen molar-refractivity contribution in [3.63, 3.8) is 0 Å². The van der Waals surface area contributed by atoms with Crippen LogP contribution in [0.15, 0.2) is 49.1 Å². The number of hydrogen-bond acceptors (Lipinski definition) is 3. The van der Waals surface area contributed by atoms with Crippen molar-refractivity contribution in [2.75, 3.05) is 13.4 Å². The summed E-state index contributed by atoms with van der Waals surface area (Å²) in [6, 6.07) is 9.16. The van der Waals surface area contributed by atoms with E-state index in [9.17, 15) is 4.79 Å². The molecule has 0 radical (unpaired) electrons. The SMILES string of the molecule is C=C(C)COCOC(=O)C(=C)c1ccccc1. The van der Waals surface area contributed by atoms with Gasteiger partial charge in [-0.3, -0.25) is 0 Å². The molecule has 0 aliphatic heterocycles. The molecule has 0 saturated heterocycles. The maximum Gasteiger partial charge on any atom is 0.340 e. The van der Waals surface area contributed by atoms with E-state index in [0.29, 0.717) is 12.2 Å². The van der Waals surface area contributed by atoms with E-state index in [-0.39, 0.29) is 6.79 Å². The molecule has 3 nitrogen and oxygen atoms in total. The average Bonchev–Trinajstić information content (AvgIpc) is 2.34. The molecule has 0 atom stereocenters. The van der Waals surface area contributed by atoms with Crippen LogP contribution in [-0.2, 0) is 14.3 Å². The Bertz CT molecular complexity index is 407. The fourth-order valence-corrected chi connectivity index (χ4v) is 1.16. The van der Waals surface area contributed by atoms with Gasteiger partial charge in [-0.05, 0) is 12.5 Å². The second-order valence-electron chi connectivity index (χ2n) is 3.70. The summed E-state index contributed by atoms with van der Waals surface area (Å²) in [5, 5.41) is 0. The number of carbonyl (C=O) groups excluding carboxylic acids is 1. The van der Waals surface area contributed by atoms with Gasteiger partial charge < -0.3 is 9.47 Å². The molecule has 0 aliphatic rings. The molecule has 3 heteroatoms. The van der Waals surface area contributed by atoms with Gasteiger partial charge in [0, 0.05) is 0 Å². The summed E-state index contributed by atoms with van der Waals surface area (Å²) in [5.74, 6) is -0.474. The van der Waals surface area contributed by atoms with Crippen LogP contribution in [0, 0.1) is 0 Å². The number of rotatable bonds is 6. The number of benzene rings is 1. The number of carbonyl (C=O) groups is 1. The lowest BCUT2D eigenvalue weighted by molar-refractivity contribution is -0.148. The largest absolute Gasteiger partial charge is 0.435 e. The van der Waals surface area contributed by atoms with Gasteiger partial charge in [0.2, 0.25) is 0 Å². The van der Waals surface area contributed by atoms with Gasteiger partial charge in [-0.2, -0.15) is 0 Å². The van der Waals surface area contributed by atoms with Crippen LogP contribution >= 0.6 is 0 Å². The first-order valence-corrected chi connectivity index (χ1v) is 5.25. The molecule has 0 amide bonds. The molecule has 90 valence electrons. The van der Waals surface area contributed by atoms with Gasteiger partial charge >= 0.3 is 5.97 Å². The summed E-state index contributed by atoms with van der Waals surface area (Å²) in [5.41, 5.74) is 1.95. The molecular formula is C14H16O3. The molecule has 1 rings (SSSR count). The summed E-state index contributed by atoms with van der Waals surface area (Å²) >= 11 is 0. The maximum absolute atomic E-state index is 11.6. The van der Waals surface area contributed by atoms with Gasteiger partial charge in [0.15, 0.2) is 6.79 Å². The van der Waals surface area contributed by atoms with Gasteiger partial charge in [0.05, 0.1) is 12.2 Å². The first kappa shape index (κ1) is 13.2. The molecule has 0 aliphatic carbocycles. The molecule has 1 aromatic carbocycles. The van der Waals surface area contributed by atoms with Crippen LogP contribution in [0.25, 0.3) is 5.57 Å². The van der Waals surface area contributed by atoms with E-state index in [1.54, 1.807) is 12.1 Å². The molecular weight excluding hydrogens is 216 g/mol. The summed E-state index contributed by atoms with van der Waals surface area (Å²) < 4.78 is 9.97. The average molecular weight is 232 g/mol. The highest BCUT2D eigenvalue weighted by molar-refractivity contribution is 6.15. The normalized spacial score (nSPS) is 9.71. The van der Waals surface area contributed by atoms with Crippen LogP contribution in [0.3, 0.4) is 0 Å². The molecule has 0 saturated carbocycles. The van der Waals surface area contributed by atoms with Crippen LogP contribution < -0.4 is 0 Å². The fraction of sp³-hybridized carbons (Fsp3) is 0.214. The van der Waals surface area contributed by atoms with Gasteiger partial charge in [-0.15, -0.1) is 0 Å². The molecule has 0 aromatic heterocycles. The highest BCUT2D eigenvalue weighted by atomic mass is 16.7. The summed E-state index contributed by atoms with van der Waals surface area (Å²) in [6.45, 7) is 9.49. The molecule has 0 heterocycles. The van der Waals surface area contributed by atoms with Gasteiger partial charge in [0.25, 0.3) is 0 Å². The Kier molecular flexibility index (Phi) is 5.17. The van der Waals surface area contributed by atoms with Crippen LogP contribution in [0.4, 0.5) is 0 Å². The van der Waals surface area contributed by atoms with Crippen molar-refractivity contribution in [3.05, 3.63) is 54.6 Å². The molecule has 0 bridgehead atoms. The molecule has 17 heavy (non-hydrogen) atoms. The quantitative estimate of drug-likeness (QED) is 0.249. The minimum Gasteiger partial charge on any atom is -0.435 e. The van der Waals surface area contributed by atoms with Gasteiger partial charge in [0.1, 0.15) is 0 Å². The predicted molar refractivity (Wildman–Crippen MR) is 67.2 cm³/mol. The van der Waals surface area contributed by atoms with E-state index in [0.717, 1.165) is 11.1 Å². The Labute approximate surface area is 101 Å². The van der Waals surface area contributed by atoms with Crippen molar-refractivity contribution >= 4 is 11.5 Å². The zero-order chi connectivity index (χ0) is 12.7. The van der Waals surface area contributed by atoms with Crippen molar-refractivity contribution in [3.8, 4) is 0 Å². The summed E-state index contributed by atoms with van der Waals surface area (Å²) in [4.78, 5) is 11.6. The Morgan fingerprint density at radius 1 is 1.24 bits per heavy atom. The highest BCUT2D eigenvalue weighted by Gasteiger charge is 2.10. The van der Waals surface area contributed by atoms with E-state index >= 15 is 0 Å². The summed E-state index contributed by atoms with van der Waals surface area (Å²) in [6.07, 6.45) is 0. The summed E-state index contributed by atoms with van der Waals surface area (Å²) in [7, 11) is 0. The lowest BCUT2D eigenvalue weighted by atomic mass is 10.1. The Morgan fingerprint density at radius 3 is 2.47 bits per heavy atom. The third kappa shape index (κ3) is 4.66. The van der Waals surface area contributed by atoms with E-state index in [4.69, 9.17) is 9.47 Å².